The number of carbonyl (C=O) groups is 3. The van der Waals surface area contributed by atoms with Gasteiger partial charge in [-0.25, -0.2) is 13.2 Å². The number of benzene rings is 2. The minimum Gasteiger partial charge on any atom is -0.325 e. The topological polar surface area (TPSA) is 137 Å². The maximum absolute atomic E-state index is 13.2. The van der Waals surface area contributed by atoms with Gasteiger partial charge in [0.2, 0.25) is 5.91 Å². The van der Waals surface area contributed by atoms with Crippen LogP contribution in [-0.4, -0.2) is 50.1 Å². The number of rotatable bonds is 7. The average Bonchev–Trinajstić information content (AvgIpc) is 3.02. The Morgan fingerprint density at radius 3 is 2.47 bits per heavy atom. The van der Waals surface area contributed by atoms with E-state index in [-0.39, 0.29) is 4.90 Å². The molecule has 0 bridgehead atoms. The van der Waals surface area contributed by atoms with E-state index in [1.165, 1.54) is 24.3 Å². The third kappa shape index (κ3) is 5.25. The lowest BCUT2D eigenvalue weighted by molar-refractivity contribution is -0.134. The van der Waals surface area contributed by atoms with E-state index in [0.717, 1.165) is 24.2 Å². The summed E-state index contributed by atoms with van der Waals surface area (Å²) in [6.07, 6.45) is 3.75. The fourth-order valence-corrected chi connectivity index (χ4v) is 5.45. The molecule has 2 aromatic carbocycles. The Labute approximate surface area is 210 Å². The molecular formula is C25H29N5O5S. The highest BCUT2D eigenvalue weighted by molar-refractivity contribution is 7.90. The van der Waals surface area contributed by atoms with E-state index in [2.05, 4.69) is 20.3 Å². The second-order valence-electron chi connectivity index (χ2n) is 8.76. The Balaban J connectivity index is 1.40. The number of imide groups is 1. The lowest BCUT2D eigenvalue weighted by atomic mass is 9.87. The number of urea groups is 1. The number of carbonyl (C=O) groups excluding carboxylic acids is 3. The van der Waals surface area contributed by atoms with Crippen molar-refractivity contribution >= 4 is 39.4 Å². The summed E-state index contributed by atoms with van der Waals surface area (Å²) < 4.78 is 27.9. The number of nitrogens with one attached hydrogen (secondary N) is 3. The van der Waals surface area contributed by atoms with Gasteiger partial charge in [-0.3, -0.25) is 24.2 Å². The molecule has 0 spiro atoms. The first-order chi connectivity index (χ1) is 17.2. The molecule has 3 N–H and O–H groups in total. The van der Waals surface area contributed by atoms with Gasteiger partial charge in [-0.2, -0.15) is 0 Å². The molecular weight excluding hydrogens is 482 g/mol. The molecule has 0 unspecified atom stereocenters. The molecule has 10 nitrogen and oxygen atoms in total. The molecule has 2 aromatic rings. The van der Waals surface area contributed by atoms with Crippen molar-refractivity contribution in [1.82, 2.24) is 14.9 Å². The third-order valence-electron chi connectivity index (χ3n) is 6.35. The molecule has 0 radical (unpaired) electrons. The SMILES string of the molecule is CC[C@@]1(c2ccccc2)NC(=O)N(CC(=O)Nc2ccc(S(=O)(=O)NC3=NCCCCC3)cc2)C1=O. The molecule has 1 atom stereocenters. The van der Waals surface area contributed by atoms with Crippen LogP contribution in [0, 0.1) is 0 Å². The van der Waals surface area contributed by atoms with Gasteiger partial charge in [0.25, 0.3) is 15.9 Å². The van der Waals surface area contributed by atoms with Crippen LogP contribution in [0.3, 0.4) is 0 Å². The van der Waals surface area contributed by atoms with E-state index in [9.17, 15) is 22.8 Å². The molecule has 4 amide bonds. The molecule has 0 aromatic heterocycles. The minimum atomic E-state index is -3.80. The van der Waals surface area contributed by atoms with Gasteiger partial charge >= 0.3 is 6.03 Å². The van der Waals surface area contributed by atoms with Crippen molar-refractivity contribution in [3.63, 3.8) is 0 Å². The lowest BCUT2D eigenvalue weighted by Crippen LogP contribution is -2.44. The molecule has 2 aliphatic rings. The molecule has 11 heteroatoms. The van der Waals surface area contributed by atoms with Crippen molar-refractivity contribution in [3.05, 3.63) is 60.2 Å². The van der Waals surface area contributed by atoms with Gasteiger partial charge in [-0.1, -0.05) is 43.7 Å². The highest BCUT2D eigenvalue weighted by Gasteiger charge is 2.51. The molecule has 190 valence electrons. The predicted octanol–water partition coefficient (Wildman–Crippen LogP) is 2.73. The van der Waals surface area contributed by atoms with E-state index in [1.807, 2.05) is 6.07 Å². The summed E-state index contributed by atoms with van der Waals surface area (Å²) >= 11 is 0. The molecule has 1 fully saturated rings. The first-order valence-electron chi connectivity index (χ1n) is 11.9. The summed E-state index contributed by atoms with van der Waals surface area (Å²) in [6, 6.07) is 13.9. The molecule has 4 rings (SSSR count). The number of anilines is 1. The summed E-state index contributed by atoms with van der Waals surface area (Å²) in [5.41, 5.74) is -0.236. The molecule has 1 saturated heterocycles. The number of amidine groups is 1. The fraction of sp³-hybridized carbons (Fsp3) is 0.360. The van der Waals surface area contributed by atoms with Gasteiger partial charge in [0.15, 0.2) is 0 Å². The monoisotopic (exact) mass is 511 g/mol. The zero-order valence-corrected chi connectivity index (χ0v) is 20.8. The Hall–Kier alpha value is -3.73. The Bertz CT molecular complexity index is 1280. The lowest BCUT2D eigenvalue weighted by Gasteiger charge is -2.25. The van der Waals surface area contributed by atoms with Crippen LogP contribution in [0.15, 0.2) is 64.5 Å². The van der Waals surface area contributed by atoms with Crippen molar-refractivity contribution < 1.29 is 22.8 Å². The van der Waals surface area contributed by atoms with Crippen LogP contribution in [-0.2, 0) is 25.2 Å². The highest BCUT2D eigenvalue weighted by Crippen LogP contribution is 2.32. The van der Waals surface area contributed by atoms with Crippen molar-refractivity contribution in [2.24, 2.45) is 4.99 Å². The molecule has 2 heterocycles. The van der Waals surface area contributed by atoms with Crippen molar-refractivity contribution in [2.75, 3.05) is 18.4 Å². The van der Waals surface area contributed by atoms with Crippen LogP contribution >= 0.6 is 0 Å². The van der Waals surface area contributed by atoms with Gasteiger partial charge in [0, 0.05) is 18.7 Å². The maximum Gasteiger partial charge on any atom is 0.325 e. The Morgan fingerprint density at radius 1 is 1.06 bits per heavy atom. The van der Waals surface area contributed by atoms with Gasteiger partial charge in [0.1, 0.15) is 17.9 Å². The van der Waals surface area contributed by atoms with E-state index >= 15 is 0 Å². The number of hydrogen-bond acceptors (Lipinski definition) is 6. The van der Waals surface area contributed by atoms with E-state index in [0.29, 0.717) is 36.5 Å². The zero-order valence-electron chi connectivity index (χ0n) is 20.0. The molecule has 0 aliphatic carbocycles. The highest BCUT2D eigenvalue weighted by atomic mass is 32.2. The van der Waals surface area contributed by atoms with Crippen molar-refractivity contribution in [3.8, 4) is 0 Å². The fourth-order valence-electron chi connectivity index (χ4n) is 4.36. The van der Waals surface area contributed by atoms with Crippen LogP contribution in [0.1, 0.15) is 44.6 Å². The number of sulfonamides is 1. The number of amides is 4. The smallest absolute Gasteiger partial charge is 0.325 e. The van der Waals surface area contributed by atoms with Crippen LogP contribution in [0.5, 0.6) is 0 Å². The van der Waals surface area contributed by atoms with Gasteiger partial charge in [-0.15, -0.1) is 0 Å². The quantitative estimate of drug-likeness (QED) is 0.491. The summed E-state index contributed by atoms with van der Waals surface area (Å²) in [6.45, 7) is 1.92. The summed E-state index contributed by atoms with van der Waals surface area (Å²) in [4.78, 5) is 43.6. The predicted molar refractivity (Wildman–Crippen MR) is 135 cm³/mol. The van der Waals surface area contributed by atoms with Gasteiger partial charge in [-0.05, 0) is 49.1 Å². The minimum absolute atomic E-state index is 0.0390. The van der Waals surface area contributed by atoms with Crippen LogP contribution in [0.4, 0.5) is 10.5 Å². The van der Waals surface area contributed by atoms with Crippen LogP contribution < -0.4 is 15.4 Å². The largest absolute Gasteiger partial charge is 0.325 e. The summed E-state index contributed by atoms with van der Waals surface area (Å²) in [5, 5.41) is 5.35. The first-order valence-corrected chi connectivity index (χ1v) is 13.4. The standard InChI is InChI=1S/C25H29N5O5S/c1-2-25(18-9-5-3-6-10-18)23(32)30(24(33)28-25)17-22(31)27-19-12-14-20(15-13-19)36(34,35)29-21-11-7-4-8-16-26-21/h3,5-6,9-10,12-15H,2,4,7-8,11,16-17H2,1H3,(H,26,29)(H,27,31)(H,28,33)/t25-/m0/s1. The van der Waals surface area contributed by atoms with Crippen molar-refractivity contribution in [1.29, 1.82) is 0 Å². The Morgan fingerprint density at radius 2 is 1.78 bits per heavy atom. The van der Waals surface area contributed by atoms with E-state index in [1.54, 1.807) is 31.2 Å². The first kappa shape index (κ1) is 25.4. The second kappa shape index (κ2) is 10.5. The maximum atomic E-state index is 13.2. The molecule has 2 aliphatic heterocycles. The second-order valence-corrected chi connectivity index (χ2v) is 10.4. The number of aliphatic imine (C=N–C) groups is 1. The van der Waals surface area contributed by atoms with Gasteiger partial charge in [0.05, 0.1) is 4.90 Å². The van der Waals surface area contributed by atoms with Crippen molar-refractivity contribution in [2.45, 2.75) is 49.5 Å². The molecule has 36 heavy (non-hydrogen) atoms. The number of nitrogens with zero attached hydrogens (tertiary/aromatic N) is 2. The van der Waals surface area contributed by atoms with E-state index in [4.69, 9.17) is 0 Å². The number of hydrogen-bond donors (Lipinski definition) is 3. The average molecular weight is 512 g/mol. The Kier molecular flexibility index (Phi) is 7.39. The zero-order chi connectivity index (χ0) is 25.8. The summed E-state index contributed by atoms with van der Waals surface area (Å²) in [5.74, 6) is -0.623. The van der Waals surface area contributed by atoms with Crippen LogP contribution in [0.2, 0.25) is 0 Å². The summed E-state index contributed by atoms with van der Waals surface area (Å²) in [7, 11) is -3.80. The van der Waals surface area contributed by atoms with Gasteiger partial charge < -0.3 is 10.6 Å². The molecule has 0 saturated carbocycles. The third-order valence-corrected chi connectivity index (χ3v) is 7.75. The normalized spacial score (nSPS) is 20.4. The van der Waals surface area contributed by atoms with Crippen LogP contribution in [0.25, 0.3) is 0 Å². The van der Waals surface area contributed by atoms with E-state index < -0.39 is 40.0 Å².